The molecule has 2 N–H and O–H groups in total. The third-order valence-corrected chi connectivity index (χ3v) is 5.72. The van der Waals surface area contributed by atoms with Crippen LogP contribution in [0.2, 0.25) is 0 Å². The van der Waals surface area contributed by atoms with Gasteiger partial charge in [0.15, 0.2) is 5.78 Å². The quantitative estimate of drug-likeness (QED) is 0.718. The van der Waals surface area contributed by atoms with E-state index in [0.29, 0.717) is 24.5 Å². The summed E-state index contributed by atoms with van der Waals surface area (Å²) in [6, 6.07) is 9.18. The first-order valence-electron chi connectivity index (χ1n) is 9.72. The predicted molar refractivity (Wildman–Crippen MR) is 101 cm³/mol. The molecule has 1 aromatic rings. The first-order valence-corrected chi connectivity index (χ1v) is 9.72. The van der Waals surface area contributed by atoms with Gasteiger partial charge in [0.05, 0.1) is 0 Å². The zero-order chi connectivity index (χ0) is 19.2. The summed E-state index contributed by atoms with van der Waals surface area (Å²) in [6.45, 7) is 0.604. The molecule has 0 radical (unpaired) electrons. The summed E-state index contributed by atoms with van der Waals surface area (Å²) in [5.41, 5.74) is 0.639. The van der Waals surface area contributed by atoms with Crippen molar-refractivity contribution in [1.82, 2.24) is 10.6 Å². The third kappa shape index (κ3) is 5.16. The summed E-state index contributed by atoms with van der Waals surface area (Å²) in [7, 11) is 1.67. The minimum absolute atomic E-state index is 0.0172. The molecule has 3 rings (SSSR count). The fourth-order valence-electron chi connectivity index (χ4n) is 4.40. The Labute approximate surface area is 160 Å². The molecule has 1 aliphatic heterocycles. The standard InChI is InChI=1S/C21H28N2O4/c1-27-13-15-11-21(26)23-18-12-16(7-8-17(15)18)22-20(25)10-9-19(24)14-5-3-2-4-6-14/h2-6,15-18H,7-13H2,1H3,(H,22,25)(H,23,26). The van der Waals surface area contributed by atoms with Crippen LogP contribution in [0.5, 0.6) is 0 Å². The number of amides is 2. The number of benzene rings is 1. The molecule has 1 saturated heterocycles. The smallest absolute Gasteiger partial charge is 0.220 e. The van der Waals surface area contributed by atoms with Crippen molar-refractivity contribution < 1.29 is 19.1 Å². The number of rotatable bonds is 7. The molecular formula is C21H28N2O4. The van der Waals surface area contributed by atoms with Gasteiger partial charge in [0.1, 0.15) is 0 Å². The molecule has 6 heteroatoms. The van der Waals surface area contributed by atoms with Crippen LogP contribution in [0.15, 0.2) is 30.3 Å². The van der Waals surface area contributed by atoms with Crippen LogP contribution in [0.25, 0.3) is 0 Å². The lowest BCUT2D eigenvalue weighted by atomic mass is 9.71. The third-order valence-electron chi connectivity index (χ3n) is 5.72. The molecule has 146 valence electrons. The second-order valence-electron chi connectivity index (χ2n) is 7.62. The Hall–Kier alpha value is -2.21. The number of hydrogen-bond donors (Lipinski definition) is 2. The number of ketones is 1. The first-order chi connectivity index (χ1) is 13.1. The van der Waals surface area contributed by atoms with E-state index in [1.54, 1.807) is 19.2 Å². The largest absolute Gasteiger partial charge is 0.384 e. The minimum Gasteiger partial charge on any atom is -0.384 e. The van der Waals surface area contributed by atoms with Gasteiger partial charge in [0.2, 0.25) is 11.8 Å². The molecular weight excluding hydrogens is 344 g/mol. The maximum atomic E-state index is 12.3. The van der Waals surface area contributed by atoms with Crippen LogP contribution in [-0.2, 0) is 14.3 Å². The van der Waals surface area contributed by atoms with Gasteiger partial charge in [-0.2, -0.15) is 0 Å². The van der Waals surface area contributed by atoms with Crippen molar-refractivity contribution >= 4 is 17.6 Å². The highest BCUT2D eigenvalue weighted by molar-refractivity contribution is 5.97. The lowest BCUT2D eigenvalue weighted by Gasteiger charge is -2.43. The lowest BCUT2D eigenvalue weighted by molar-refractivity contribution is -0.128. The van der Waals surface area contributed by atoms with Crippen LogP contribution < -0.4 is 10.6 Å². The van der Waals surface area contributed by atoms with Crippen molar-refractivity contribution in [3.8, 4) is 0 Å². The van der Waals surface area contributed by atoms with Crippen LogP contribution in [0.4, 0.5) is 0 Å². The zero-order valence-electron chi connectivity index (χ0n) is 15.8. The van der Waals surface area contributed by atoms with Crippen molar-refractivity contribution in [2.45, 2.75) is 50.6 Å². The number of ether oxygens (including phenoxy) is 1. The molecule has 0 bridgehead atoms. The molecule has 1 aromatic carbocycles. The van der Waals surface area contributed by atoms with Gasteiger partial charge in [-0.25, -0.2) is 0 Å². The molecule has 4 unspecified atom stereocenters. The van der Waals surface area contributed by atoms with Gasteiger partial charge in [-0.3, -0.25) is 14.4 Å². The number of piperidine rings is 1. The van der Waals surface area contributed by atoms with E-state index in [2.05, 4.69) is 10.6 Å². The van der Waals surface area contributed by atoms with Crippen LogP contribution in [0.3, 0.4) is 0 Å². The van der Waals surface area contributed by atoms with Gasteiger partial charge in [-0.1, -0.05) is 30.3 Å². The highest BCUT2D eigenvalue weighted by Gasteiger charge is 2.40. The molecule has 2 amide bonds. The Morgan fingerprint density at radius 2 is 1.96 bits per heavy atom. The van der Waals surface area contributed by atoms with E-state index in [-0.39, 0.29) is 48.4 Å². The highest BCUT2D eigenvalue weighted by atomic mass is 16.5. The Bertz CT molecular complexity index is 676. The minimum atomic E-state index is -0.0988. The average Bonchev–Trinajstić information content (AvgIpc) is 2.66. The average molecular weight is 372 g/mol. The number of hydrogen-bond acceptors (Lipinski definition) is 4. The van der Waals surface area contributed by atoms with Gasteiger partial charge >= 0.3 is 0 Å². The number of nitrogens with one attached hydrogen (secondary N) is 2. The summed E-state index contributed by atoms with van der Waals surface area (Å²) in [4.78, 5) is 36.3. The van der Waals surface area contributed by atoms with Crippen molar-refractivity contribution in [2.24, 2.45) is 11.8 Å². The Balaban J connectivity index is 1.47. The molecule has 1 heterocycles. The van der Waals surface area contributed by atoms with E-state index >= 15 is 0 Å². The van der Waals surface area contributed by atoms with Crippen LogP contribution in [-0.4, -0.2) is 43.4 Å². The number of carbonyl (C=O) groups excluding carboxylic acids is 3. The maximum Gasteiger partial charge on any atom is 0.220 e. The van der Waals surface area contributed by atoms with E-state index in [1.807, 2.05) is 18.2 Å². The van der Waals surface area contributed by atoms with Crippen molar-refractivity contribution in [1.29, 1.82) is 0 Å². The molecule has 0 spiro atoms. The van der Waals surface area contributed by atoms with Gasteiger partial charge < -0.3 is 15.4 Å². The van der Waals surface area contributed by atoms with E-state index < -0.39 is 0 Å². The summed E-state index contributed by atoms with van der Waals surface area (Å²) < 4.78 is 5.28. The normalized spacial score (nSPS) is 27.4. The van der Waals surface area contributed by atoms with Crippen LogP contribution >= 0.6 is 0 Å². The molecule has 2 aliphatic rings. The summed E-state index contributed by atoms with van der Waals surface area (Å²) >= 11 is 0. The van der Waals surface area contributed by atoms with Crippen molar-refractivity contribution in [3.05, 3.63) is 35.9 Å². The number of Topliss-reactive ketones (excluding diaryl/α,β-unsaturated/α-hetero) is 1. The molecule has 2 fully saturated rings. The molecule has 1 saturated carbocycles. The SMILES string of the molecule is COCC1CC(=O)NC2CC(NC(=O)CCC(=O)c3ccccc3)CCC12. The molecule has 1 aliphatic carbocycles. The van der Waals surface area contributed by atoms with Gasteiger partial charge in [-0.05, 0) is 31.1 Å². The fourth-order valence-corrected chi connectivity index (χ4v) is 4.40. The van der Waals surface area contributed by atoms with E-state index in [1.165, 1.54) is 0 Å². The topological polar surface area (TPSA) is 84.5 Å². The summed E-state index contributed by atoms with van der Waals surface area (Å²) in [5.74, 6) is 0.623. The van der Waals surface area contributed by atoms with E-state index in [9.17, 15) is 14.4 Å². The number of methoxy groups -OCH3 is 1. The second-order valence-corrected chi connectivity index (χ2v) is 7.62. The molecule has 4 atom stereocenters. The Morgan fingerprint density at radius 1 is 1.19 bits per heavy atom. The molecule has 27 heavy (non-hydrogen) atoms. The summed E-state index contributed by atoms with van der Waals surface area (Å²) in [5, 5.41) is 6.13. The zero-order valence-corrected chi connectivity index (χ0v) is 15.8. The van der Waals surface area contributed by atoms with E-state index in [4.69, 9.17) is 4.74 Å². The van der Waals surface area contributed by atoms with Crippen molar-refractivity contribution in [3.63, 3.8) is 0 Å². The second kappa shape index (κ2) is 9.13. The Morgan fingerprint density at radius 3 is 2.70 bits per heavy atom. The molecule has 6 nitrogen and oxygen atoms in total. The van der Waals surface area contributed by atoms with Gasteiger partial charge in [0, 0.05) is 50.6 Å². The predicted octanol–water partition coefficient (Wildman–Crippen LogP) is 2.09. The lowest BCUT2D eigenvalue weighted by Crippen LogP contribution is -2.56. The Kier molecular flexibility index (Phi) is 6.61. The highest BCUT2D eigenvalue weighted by Crippen LogP contribution is 2.35. The van der Waals surface area contributed by atoms with Crippen LogP contribution in [0.1, 0.15) is 48.9 Å². The molecule has 0 aromatic heterocycles. The van der Waals surface area contributed by atoms with E-state index in [0.717, 1.165) is 19.3 Å². The van der Waals surface area contributed by atoms with Crippen molar-refractivity contribution in [2.75, 3.05) is 13.7 Å². The number of carbonyl (C=O) groups is 3. The number of fused-ring (bicyclic) bond motifs is 1. The van der Waals surface area contributed by atoms with Crippen LogP contribution in [0, 0.1) is 11.8 Å². The first kappa shape index (κ1) is 19.5. The van der Waals surface area contributed by atoms with Gasteiger partial charge in [0.25, 0.3) is 0 Å². The maximum absolute atomic E-state index is 12.3. The fraction of sp³-hybridized carbons (Fsp3) is 0.571. The summed E-state index contributed by atoms with van der Waals surface area (Å²) in [6.07, 6.45) is 3.53. The van der Waals surface area contributed by atoms with Gasteiger partial charge in [-0.15, -0.1) is 0 Å². The monoisotopic (exact) mass is 372 g/mol.